The molecule has 2 aromatic heterocycles. The van der Waals surface area contributed by atoms with E-state index in [1.807, 2.05) is 31.2 Å². The van der Waals surface area contributed by atoms with Gasteiger partial charge >= 0.3 is 0 Å². The number of rotatable bonds is 3. The number of benzene rings is 1. The molecule has 0 bridgehead atoms. The predicted octanol–water partition coefficient (Wildman–Crippen LogP) is 3.03. The van der Waals surface area contributed by atoms with Gasteiger partial charge in [-0.3, -0.25) is 9.78 Å². The molecule has 21 heavy (non-hydrogen) atoms. The van der Waals surface area contributed by atoms with E-state index in [1.165, 1.54) is 0 Å². The number of nitrogens with one attached hydrogen (secondary N) is 2. The van der Waals surface area contributed by atoms with Gasteiger partial charge in [0.15, 0.2) is 0 Å². The van der Waals surface area contributed by atoms with E-state index >= 15 is 0 Å². The quantitative estimate of drug-likeness (QED) is 0.773. The number of aromatic nitrogens is 3. The van der Waals surface area contributed by atoms with Crippen molar-refractivity contribution in [3.05, 3.63) is 66.4 Å². The van der Waals surface area contributed by atoms with Crippen LogP contribution in [0.2, 0.25) is 0 Å². The number of anilines is 1. The Morgan fingerprint density at radius 2 is 1.90 bits per heavy atom. The number of carbonyl (C=O) groups excluding carboxylic acids is 1. The summed E-state index contributed by atoms with van der Waals surface area (Å²) < 4.78 is 0. The monoisotopic (exact) mass is 278 g/mol. The van der Waals surface area contributed by atoms with Gasteiger partial charge in [-0.1, -0.05) is 18.2 Å². The second kappa shape index (κ2) is 5.58. The van der Waals surface area contributed by atoms with Crippen LogP contribution in [0.1, 0.15) is 16.2 Å². The fourth-order valence-electron chi connectivity index (χ4n) is 2.05. The van der Waals surface area contributed by atoms with Crippen LogP contribution in [0.4, 0.5) is 5.69 Å². The summed E-state index contributed by atoms with van der Waals surface area (Å²) in [7, 11) is 0. The molecule has 2 heterocycles. The highest BCUT2D eigenvalue weighted by Gasteiger charge is 2.08. The Balaban J connectivity index is 1.76. The van der Waals surface area contributed by atoms with Crippen molar-refractivity contribution in [1.82, 2.24) is 15.0 Å². The van der Waals surface area contributed by atoms with Crippen LogP contribution in [0.15, 0.2) is 55.0 Å². The summed E-state index contributed by atoms with van der Waals surface area (Å²) in [6.07, 6.45) is 3.26. The van der Waals surface area contributed by atoms with E-state index in [1.54, 1.807) is 30.7 Å². The van der Waals surface area contributed by atoms with E-state index < -0.39 is 0 Å². The van der Waals surface area contributed by atoms with E-state index in [9.17, 15) is 4.79 Å². The average Bonchev–Trinajstić information content (AvgIpc) is 2.95. The minimum absolute atomic E-state index is 0.223. The molecular formula is C16H14N4O. The van der Waals surface area contributed by atoms with Crippen molar-refractivity contribution >= 4 is 11.6 Å². The number of nitrogens with zero attached hydrogens (tertiary/aromatic N) is 2. The molecule has 0 atom stereocenters. The van der Waals surface area contributed by atoms with Crippen LogP contribution >= 0.6 is 0 Å². The normalized spacial score (nSPS) is 10.3. The SMILES string of the molecule is Cc1[nH]cnc1-c1ccc(NC(=O)c2ccccn2)cc1. The third kappa shape index (κ3) is 2.81. The van der Waals surface area contributed by atoms with Crippen LogP contribution in [0.25, 0.3) is 11.3 Å². The van der Waals surface area contributed by atoms with Crippen molar-refractivity contribution in [3.8, 4) is 11.3 Å². The molecule has 0 saturated carbocycles. The number of hydrogen-bond donors (Lipinski definition) is 2. The number of amides is 1. The number of carbonyl (C=O) groups is 1. The Morgan fingerprint density at radius 1 is 1.10 bits per heavy atom. The van der Waals surface area contributed by atoms with Gasteiger partial charge in [-0.25, -0.2) is 4.98 Å². The first kappa shape index (κ1) is 13.1. The zero-order chi connectivity index (χ0) is 14.7. The fraction of sp³-hybridized carbons (Fsp3) is 0.0625. The zero-order valence-electron chi connectivity index (χ0n) is 11.5. The lowest BCUT2D eigenvalue weighted by Gasteiger charge is -2.05. The first-order valence-electron chi connectivity index (χ1n) is 6.57. The highest BCUT2D eigenvalue weighted by Crippen LogP contribution is 2.21. The summed E-state index contributed by atoms with van der Waals surface area (Å²) in [5.41, 5.74) is 4.05. The molecule has 0 radical (unpaired) electrons. The molecule has 2 N–H and O–H groups in total. The summed E-state index contributed by atoms with van der Waals surface area (Å²) in [6.45, 7) is 1.97. The molecular weight excluding hydrogens is 264 g/mol. The lowest BCUT2D eigenvalue weighted by atomic mass is 10.1. The molecule has 0 unspecified atom stereocenters. The summed E-state index contributed by atoms with van der Waals surface area (Å²) >= 11 is 0. The smallest absolute Gasteiger partial charge is 0.274 e. The van der Waals surface area contributed by atoms with Gasteiger partial charge in [0.25, 0.3) is 5.91 Å². The van der Waals surface area contributed by atoms with E-state index in [-0.39, 0.29) is 5.91 Å². The maximum absolute atomic E-state index is 12.0. The molecule has 3 aromatic rings. The molecule has 1 amide bonds. The van der Waals surface area contributed by atoms with Crippen molar-refractivity contribution in [1.29, 1.82) is 0 Å². The Morgan fingerprint density at radius 3 is 2.52 bits per heavy atom. The molecule has 0 spiro atoms. The summed E-state index contributed by atoms with van der Waals surface area (Å²) in [5.74, 6) is -0.223. The zero-order valence-corrected chi connectivity index (χ0v) is 11.5. The molecule has 0 aliphatic carbocycles. The summed E-state index contributed by atoms with van der Waals surface area (Å²) in [4.78, 5) is 23.3. The number of pyridine rings is 1. The molecule has 104 valence electrons. The van der Waals surface area contributed by atoms with Crippen molar-refractivity contribution in [3.63, 3.8) is 0 Å². The van der Waals surface area contributed by atoms with Crippen LogP contribution in [-0.4, -0.2) is 20.9 Å². The third-order valence-electron chi connectivity index (χ3n) is 3.14. The largest absolute Gasteiger partial charge is 0.348 e. The lowest BCUT2D eigenvalue weighted by Crippen LogP contribution is -2.13. The Kier molecular flexibility index (Phi) is 3.47. The van der Waals surface area contributed by atoms with Crippen molar-refractivity contribution in [2.24, 2.45) is 0 Å². The minimum atomic E-state index is -0.223. The van der Waals surface area contributed by atoms with Crippen molar-refractivity contribution in [2.45, 2.75) is 6.92 Å². The topological polar surface area (TPSA) is 70.7 Å². The molecule has 0 fully saturated rings. The maximum atomic E-state index is 12.0. The van der Waals surface area contributed by atoms with E-state index in [4.69, 9.17) is 0 Å². The van der Waals surface area contributed by atoms with Gasteiger partial charge in [-0.15, -0.1) is 0 Å². The Labute approximate surface area is 122 Å². The highest BCUT2D eigenvalue weighted by molar-refractivity contribution is 6.02. The molecule has 5 heteroatoms. The molecule has 5 nitrogen and oxygen atoms in total. The lowest BCUT2D eigenvalue weighted by molar-refractivity contribution is 0.102. The first-order valence-corrected chi connectivity index (χ1v) is 6.57. The van der Waals surface area contributed by atoms with Crippen LogP contribution in [0.5, 0.6) is 0 Å². The van der Waals surface area contributed by atoms with E-state index in [0.717, 1.165) is 22.6 Å². The van der Waals surface area contributed by atoms with Crippen molar-refractivity contribution < 1.29 is 4.79 Å². The molecule has 0 aliphatic rings. The van der Waals surface area contributed by atoms with Crippen LogP contribution in [-0.2, 0) is 0 Å². The Hall–Kier alpha value is -2.95. The van der Waals surface area contributed by atoms with Gasteiger partial charge in [-0.2, -0.15) is 0 Å². The van der Waals surface area contributed by atoms with Gasteiger partial charge in [0.05, 0.1) is 12.0 Å². The van der Waals surface area contributed by atoms with E-state index in [2.05, 4.69) is 20.3 Å². The second-order valence-corrected chi connectivity index (χ2v) is 4.62. The van der Waals surface area contributed by atoms with Gasteiger partial charge in [0.1, 0.15) is 5.69 Å². The number of aryl methyl sites for hydroxylation is 1. The number of H-pyrrole nitrogens is 1. The number of aromatic amines is 1. The minimum Gasteiger partial charge on any atom is -0.348 e. The molecule has 0 aliphatic heterocycles. The van der Waals surface area contributed by atoms with Crippen LogP contribution in [0.3, 0.4) is 0 Å². The van der Waals surface area contributed by atoms with E-state index in [0.29, 0.717) is 5.69 Å². The summed E-state index contributed by atoms with van der Waals surface area (Å²) in [6, 6.07) is 12.8. The molecule has 0 saturated heterocycles. The Bertz CT molecular complexity index is 747. The van der Waals surface area contributed by atoms with Crippen LogP contribution in [0, 0.1) is 6.92 Å². The highest BCUT2D eigenvalue weighted by atomic mass is 16.1. The fourth-order valence-corrected chi connectivity index (χ4v) is 2.05. The summed E-state index contributed by atoms with van der Waals surface area (Å²) in [5, 5.41) is 2.82. The molecule has 3 rings (SSSR count). The average molecular weight is 278 g/mol. The number of hydrogen-bond acceptors (Lipinski definition) is 3. The maximum Gasteiger partial charge on any atom is 0.274 e. The predicted molar refractivity (Wildman–Crippen MR) is 81.0 cm³/mol. The number of imidazole rings is 1. The van der Waals surface area contributed by atoms with Crippen LogP contribution < -0.4 is 5.32 Å². The van der Waals surface area contributed by atoms with Crippen molar-refractivity contribution in [2.75, 3.05) is 5.32 Å². The first-order chi connectivity index (χ1) is 10.2. The van der Waals surface area contributed by atoms with Gasteiger partial charge in [0, 0.05) is 23.1 Å². The molecule has 1 aromatic carbocycles. The van der Waals surface area contributed by atoms with Gasteiger partial charge < -0.3 is 10.3 Å². The standard InChI is InChI=1S/C16H14N4O/c1-11-15(19-10-18-11)12-5-7-13(8-6-12)20-16(21)14-4-2-3-9-17-14/h2-10H,1H3,(H,18,19)(H,20,21). The second-order valence-electron chi connectivity index (χ2n) is 4.62. The third-order valence-corrected chi connectivity index (χ3v) is 3.14. The van der Waals surface area contributed by atoms with Gasteiger partial charge in [0.2, 0.25) is 0 Å². The van der Waals surface area contributed by atoms with Gasteiger partial charge in [-0.05, 0) is 31.2 Å².